The van der Waals surface area contributed by atoms with Gasteiger partial charge in [0.1, 0.15) is 5.75 Å². The van der Waals surface area contributed by atoms with Crippen molar-refractivity contribution in [3.8, 4) is 5.75 Å². The number of hydrogen-bond donors (Lipinski definition) is 2. The first-order valence-electron chi connectivity index (χ1n) is 13.7. The minimum absolute atomic E-state index is 0.0794. The molecule has 1 heterocycles. The highest BCUT2D eigenvalue weighted by Gasteiger charge is 2.53. The third-order valence-corrected chi connectivity index (χ3v) is 7.58. The molecule has 1 aliphatic rings. The number of aliphatic hydroxyl groups excluding tert-OH is 1. The maximum Gasteiger partial charge on any atom is 0.252 e. The third kappa shape index (κ3) is 6.87. The maximum atomic E-state index is 14.3. The predicted octanol–water partition coefficient (Wildman–Crippen LogP) is 6.33. The van der Waals surface area contributed by atoms with Gasteiger partial charge in [-0.1, -0.05) is 88.2 Å². The van der Waals surface area contributed by atoms with Crippen LogP contribution in [0.25, 0.3) is 0 Å². The van der Waals surface area contributed by atoms with Gasteiger partial charge in [0.05, 0.1) is 6.61 Å². The second-order valence-electron chi connectivity index (χ2n) is 10.2. The van der Waals surface area contributed by atoms with Crippen molar-refractivity contribution in [3.63, 3.8) is 0 Å². The Morgan fingerprint density at radius 1 is 0.976 bits per heavy atom. The quantitative estimate of drug-likeness (QED) is 0.194. The number of halogens is 1. The molecule has 7 heteroatoms. The number of ether oxygens (including phenoxy) is 2. The molecule has 0 spiro atoms. The van der Waals surface area contributed by atoms with E-state index in [-0.39, 0.29) is 12.5 Å². The number of aliphatic hydroxyl groups is 1. The number of aryl methyl sites for hydroxylation is 1. The van der Waals surface area contributed by atoms with Crippen LogP contribution in [0, 0.1) is 6.92 Å². The molecule has 1 aliphatic heterocycles. The van der Waals surface area contributed by atoms with Crippen molar-refractivity contribution in [1.82, 2.24) is 5.32 Å². The van der Waals surface area contributed by atoms with Crippen LogP contribution < -0.4 is 10.1 Å². The van der Waals surface area contributed by atoms with Crippen LogP contribution in [-0.4, -0.2) is 35.7 Å². The Balaban J connectivity index is 1.53. The fraction of sp³-hybridized carbons (Fsp3) is 0.235. The number of carbonyl (C=O) groups excluding carboxylic acids is 1. The van der Waals surface area contributed by atoms with Crippen molar-refractivity contribution in [3.05, 3.63) is 135 Å². The number of carbonyl (C=O) groups is 1. The molecule has 6 nitrogen and oxygen atoms in total. The molecule has 5 rings (SSSR count). The van der Waals surface area contributed by atoms with E-state index in [1.807, 2.05) is 104 Å². The molecule has 2 N–H and O–H groups in total. The predicted molar refractivity (Wildman–Crippen MR) is 164 cm³/mol. The van der Waals surface area contributed by atoms with Crippen molar-refractivity contribution >= 4 is 27.7 Å². The molecule has 0 saturated heterocycles. The topological polar surface area (TPSA) is 80.2 Å². The molecule has 0 bridgehead atoms. The van der Waals surface area contributed by atoms with E-state index in [2.05, 4.69) is 27.3 Å². The van der Waals surface area contributed by atoms with Crippen molar-refractivity contribution < 1.29 is 19.4 Å². The lowest BCUT2D eigenvalue weighted by Crippen LogP contribution is -2.49. The summed E-state index contributed by atoms with van der Waals surface area (Å²) in [6, 6.07) is 33.3. The lowest BCUT2D eigenvalue weighted by atomic mass is 9.82. The Labute approximate surface area is 249 Å². The van der Waals surface area contributed by atoms with Gasteiger partial charge in [-0.25, -0.2) is 4.99 Å². The van der Waals surface area contributed by atoms with E-state index in [0.717, 1.165) is 32.3 Å². The summed E-state index contributed by atoms with van der Waals surface area (Å²) in [5, 5.41) is 12.2. The molecule has 0 radical (unpaired) electrons. The minimum atomic E-state index is -1.25. The van der Waals surface area contributed by atoms with Gasteiger partial charge in [-0.2, -0.15) is 0 Å². The zero-order valence-corrected chi connectivity index (χ0v) is 24.5. The van der Waals surface area contributed by atoms with Crippen molar-refractivity contribution in [2.45, 2.75) is 38.0 Å². The molecule has 0 fully saturated rings. The molecule has 0 aromatic heterocycles. The maximum absolute atomic E-state index is 14.3. The molecular weight excluding hydrogens is 580 g/mol. The largest absolute Gasteiger partial charge is 0.494 e. The van der Waals surface area contributed by atoms with Crippen LogP contribution in [0.5, 0.6) is 5.75 Å². The Bertz CT molecular complexity index is 1490. The van der Waals surface area contributed by atoms with E-state index in [1.165, 1.54) is 0 Å². The van der Waals surface area contributed by atoms with E-state index in [4.69, 9.17) is 19.6 Å². The summed E-state index contributed by atoms with van der Waals surface area (Å²) in [6.45, 7) is 2.93. The van der Waals surface area contributed by atoms with Crippen LogP contribution in [0.15, 0.2) is 113 Å². The van der Waals surface area contributed by atoms with Crippen LogP contribution in [0.4, 0.5) is 0 Å². The Morgan fingerprint density at radius 2 is 1.73 bits per heavy atom. The monoisotopic (exact) mass is 612 g/mol. The fourth-order valence-electron chi connectivity index (χ4n) is 4.98. The normalized spacial score (nSPS) is 17.9. The first-order chi connectivity index (χ1) is 20.0. The van der Waals surface area contributed by atoms with Crippen molar-refractivity contribution in [1.29, 1.82) is 0 Å². The highest BCUT2D eigenvalue weighted by molar-refractivity contribution is 9.10. The number of rotatable bonds is 11. The highest BCUT2D eigenvalue weighted by Crippen LogP contribution is 2.42. The van der Waals surface area contributed by atoms with E-state index < -0.39 is 11.6 Å². The average Bonchev–Trinajstić information content (AvgIpc) is 3.38. The first kappa shape index (κ1) is 28.6. The van der Waals surface area contributed by atoms with Crippen LogP contribution in [0.2, 0.25) is 0 Å². The Kier molecular flexibility index (Phi) is 9.17. The molecule has 0 unspecified atom stereocenters. The zero-order chi connectivity index (χ0) is 28.7. The van der Waals surface area contributed by atoms with Crippen LogP contribution >= 0.6 is 15.9 Å². The zero-order valence-electron chi connectivity index (χ0n) is 22.9. The van der Waals surface area contributed by atoms with Crippen LogP contribution in [0.1, 0.15) is 40.3 Å². The molecule has 4 aromatic carbocycles. The molecule has 1 amide bonds. The number of benzene rings is 4. The van der Waals surface area contributed by atoms with Crippen molar-refractivity contribution in [2.75, 3.05) is 13.2 Å². The molecule has 0 saturated carbocycles. The SMILES string of the molecule is Cc1cccc(CNC(=O)[C@]2(Cc3ccc(Br)cc3)N=C(c3ccc(OCCCO)cc3)O[C@@H]2c2ccccc2)c1. The standard InChI is InChI=1S/C34H33BrN2O4/c1-24-7-5-8-26(21-24)23-36-33(39)34(22-25-11-15-29(35)16-12-25)31(27-9-3-2-4-10-27)41-32(37-34)28-13-17-30(18-14-28)40-20-6-19-38/h2-5,7-18,21,31,38H,6,19-20,22-23H2,1H3,(H,36,39)/t31-,34-/m1/s1. The first-order valence-corrected chi connectivity index (χ1v) is 14.5. The summed E-state index contributed by atoms with van der Waals surface area (Å²) in [5.41, 5.74) is 3.51. The van der Waals surface area contributed by atoms with Gasteiger partial charge >= 0.3 is 0 Å². The van der Waals surface area contributed by atoms with Crippen molar-refractivity contribution in [2.24, 2.45) is 4.99 Å². The smallest absolute Gasteiger partial charge is 0.252 e. The van der Waals surface area contributed by atoms with E-state index in [0.29, 0.717) is 37.6 Å². The summed E-state index contributed by atoms with van der Waals surface area (Å²) >= 11 is 3.52. The summed E-state index contributed by atoms with van der Waals surface area (Å²) in [7, 11) is 0. The molecule has 4 aromatic rings. The molecule has 2 atom stereocenters. The van der Waals surface area contributed by atoms with E-state index in [1.54, 1.807) is 0 Å². The Hall–Kier alpha value is -3.94. The number of aliphatic imine (C=N–C) groups is 1. The fourth-order valence-corrected chi connectivity index (χ4v) is 5.25. The van der Waals surface area contributed by atoms with E-state index >= 15 is 0 Å². The molecule has 210 valence electrons. The summed E-state index contributed by atoms with van der Waals surface area (Å²) < 4.78 is 13.2. The second-order valence-corrected chi connectivity index (χ2v) is 11.1. The van der Waals surface area contributed by atoms with Gasteiger partial charge in [0, 0.05) is 36.0 Å². The molecular formula is C34H33BrN2O4. The average molecular weight is 614 g/mol. The number of amides is 1. The van der Waals surface area contributed by atoms with Crippen LogP contribution in [-0.2, 0) is 22.5 Å². The third-order valence-electron chi connectivity index (χ3n) is 7.05. The van der Waals surface area contributed by atoms with E-state index in [9.17, 15) is 4.79 Å². The molecule has 41 heavy (non-hydrogen) atoms. The van der Waals surface area contributed by atoms with Gasteiger partial charge in [-0.3, -0.25) is 4.79 Å². The van der Waals surface area contributed by atoms with Crippen LogP contribution in [0.3, 0.4) is 0 Å². The van der Waals surface area contributed by atoms with Gasteiger partial charge < -0.3 is 19.9 Å². The van der Waals surface area contributed by atoms with Gasteiger partial charge in [-0.15, -0.1) is 0 Å². The lowest BCUT2D eigenvalue weighted by Gasteiger charge is -2.31. The summed E-state index contributed by atoms with van der Waals surface area (Å²) in [6.07, 6.45) is 0.276. The number of nitrogens with zero attached hydrogens (tertiary/aromatic N) is 1. The van der Waals surface area contributed by atoms with Gasteiger partial charge in [0.2, 0.25) is 5.90 Å². The van der Waals surface area contributed by atoms with Gasteiger partial charge in [0.25, 0.3) is 5.91 Å². The molecule has 0 aliphatic carbocycles. The van der Waals surface area contributed by atoms with Gasteiger partial charge in [-0.05, 0) is 60.0 Å². The number of hydrogen-bond acceptors (Lipinski definition) is 5. The lowest BCUT2D eigenvalue weighted by molar-refractivity contribution is -0.129. The summed E-state index contributed by atoms with van der Waals surface area (Å²) in [4.78, 5) is 19.4. The summed E-state index contributed by atoms with van der Waals surface area (Å²) in [5.74, 6) is 0.899. The minimum Gasteiger partial charge on any atom is -0.494 e. The highest BCUT2D eigenvalue weighted by atomic mass is 79.9. The van der Waals surface area contributed by atoms with Gasteiger partial charge in [0.15, 0.2) is 11.6 Å². The number of nitrogens with one attached hydrogen (secondary N) is 1. The second kappa shape index (κ2) is 13.1. The Morgan fingerprint density at radius 3 is 2.44 bits per heavy atom.